The molecule has 28 heavy (non-hydrogen) atoms. The first-order chi connectivity index (χ1) is 13.1. The maximum atomic E-state index is 5.63. The molecule has 0 atom stereocenters. The van der Waals surface area contributed by atoms with Crippen molar-refractivity contribution in [3.63, 3.8) is 0 Å². The number of hydrogen-bond donors (Lipinski definition) is 2. The van der Waals surface area contributed by atoms with Crippen LogP contribution in [0.5, 0.6) is 0 Å². The van der Waals surface area contributed by atoms with Crippen molar-refractivity contribution in [2.75, 3.05) is 26.3 Å². The highest BCUT2D eigenvalue weighted by atomic mass is 127. The zero-order valence-corrected chi connectivity index (χ0v) is 20.2. The van der Waals surface area contributed by atoms with Crippen LogP contribution in [-0.4, -0.2) is 47.0 Å². The van der Waals surface area contributed by atoms with Gasteiger partial charge in [0.25, 0.3) is 0 Å². The van der Waals surface area contributed by atoms with Gasteiger partial charge >= 0.3 is 0 Å². The Balaban J connectivity index is 0.00000280. The molecule has 1 saturated heterocycles. The molecule has 1 aliphatic heterocycles. The van der Waals surface area contributed by atoms with Crippen LogP contribution < -0.4 is 10.6 Å². The van der Waals surface area contributed by atoms with Gasteiger partial charge in [-0.25, -0.2) is 9.98 Å². The number of guanidine groups is 1. The van der Waals surface area contributed by atoms with Crippen molar-refractivity contribution in [2.45, 2.75) is 31.7 Å². The van der Waals surface area contributed by atoms with Crippen LogP contribution in [0, 0.1) is 0 Å². The summed E-state index contributed by atoms with van der Waals surface area (Å²) in [5.74, 6) is 1.63. The Labute approximate surface area is 191 Å². The molecule has 1 aliphatic rings. The Kier molecular flexibility index (Phi) is 9.16. The Morgan fingerprint density at radius 3 is 2.57 bits per heavy atom. The van der Waals surface area contributed by atoms with Crippen LogP contribution in [0.3, 0.4) is 0 Å². The van der Waals surface area contributed by atoms with Crippen LogP contribution in [-0.2, 0) is 23.7 Å². The summed E-state index contributed by atoms with van der Waals surface area (Å²) in [6.45, 7) is 5.73. The Morgan fingerprint density at radius 2 is 1.96 bits per heavy atom. The van der Waals surface area contributed by atoms with Crippen LogP contribution in [0.2, 0.25) is 0 Å². The molecule has 0 unspecified atom stereocenters. The van der Waals surface area contributed by atoms with E-state index in [9.17, 15) is 0 Å². The first-order valence-corrected chi connectivity index (χ1v) is 10.1. The number of rotatable bonds is 6. The molecule has 1 aromatic carbocycles. The summed E-state index contributed by atoms with van der Waals surface area (Å²) in [7, 11) is 1.88. The second kappa shape index (κ2) is 11.1. The first kappa shape index (κ1) is 23.1. The lowest BCUT2D eigenvalue weighted by Gasteiger charge is -2.38. The molecule has 1 fully saturated rings. The van der Waals surface area contributed by atoms with E-state index >= 15 is 0 Å². The number of ether oxygens (including phenoxy) is 1. The van der Waals surface area contributed by atoms with Gasteiger partial charge in [-0.15, -0.1) is 24.0 Å². The van der Waals surface area contributed by atoms with Crippen molar-refractivity contribution in [2.24, 2.45) is 12.0 Å². The summed E-state index contributed by atoms with van der Waals surface area (Å²) in [5, 5.41) is 11.0. The number of aliphatic imine (C=N–C) groups is 1. The van der Waals surface area contributed by atoms with E-state index < -0.39 is 0 Å². The van der Waals surface area contributed by atoms with Gasteiger partial charge in [0.15, 0.2) is 5.96 Å². The van der Waals surface area contributed by atoms with Crippen LogP contribution in [0.1, 0.15) is 31.2 Å². The topological polar surface area (TPSA) is 76.4 Å². The van der Waals surface area contributed by atoms with E-state index in [4.69, 9.17) is 4.74 Å². The maximum Gasteiger partial charge on any atom is 0.191 e. The zero-order chi connectivity index (χ0) is 19.1. The van der Waals surface area contributed by atoms with Crippen molar-refractivity contribution in [1.82, 2.24) is 25.4 Å². The zero-order valence-electron chi connectivity index (χ0n) is 16.3. The first-order valence-electron chi connectivity index (χ1n) is 9.32. The standard InChI is InChI=1S/C19H27BrN6O.HI/c1-3-21-18(22-12-17-24-14-25-26(17)2)23-13-19(8-10-27-11-9-19)15-4-6-16(20)7-5-15;/h4-7,14H,3,8-13H2,1-2H3,(H2,21,22,23);1H. The molecule has 0 radical (unpaired) electrons. The molecule has 0 spiro atoms. The second-order valence-corrected chi connectivity index (χ2v) is 7.66. The molecular weight excluding hydrogens is 535 g/mol. The Bertz CT molecular complexity index is 758. The number of halogens is 2. The molecular formula is C19H28BrIN6O. The summed E-state index contributed by atoms with van der Waals surface area (Å²) in [6, 6.07) is 8.64. The van der Waals surface area contributed by atoms with Crippen molar-refractivity contribution >= 4 is 45.9 Å². The van der Waals surface area contributed by atoms with Gasteiger partial charge in [0.2, 0.25) is 0 Å². The number of nitrogens with one attached hydrogen (secondary N) is 2. The van der Waals surface area contributed by atoms with E-state index in [-0.39, 0.29) is 29.4 Å². The SMILES string of the molecule is CCNC(=NCc1ncnn1C)NCC1(c2ccc(Br)cc2)CCOCC1.I. The average Bonchev–Trinajstić information content (AvgIpc) is 3.10. The van der Waals surface area contributed by atoms with Gasteiger partial charge in [0, 0.05) is 43.2 Å². The predicted octanol–water partition coefficient (Wildman–Crippen LogP) is 3.00. The minimum absolute atomic E-state index is 0. The molecule has 2 heterocycles. The summed E-state index contributed by atoms with van der Waals surface area (Å²) in [5.41, 5.74) is 1.38. The van der Waals surface area contributed by atoms with E-state index in [0.29, 0.717) is 6.54 Å². The van der Waals surface area contributed by atoms with Crippen LogP contribution in [0.4, 0.5) is 0 Å². The third-order valence-corrected chi connectivity index (χ3v) is 5.56. The lowest BCUT2D eigenvalue weighted by atomic mass is 9.74. The normalized spacial score (nSPS) is 16.3. The van der Waals surface area contributed by atoms with Crippen LogP contribution in [0.15, 0.2) is 40.1 Å². The van der Waals surface area contributed by atoms with E-state index in [0.717, 1.165) is 55.4 Å². The fourth-order valence-electron chi connectivity index (χ4n) is 3.34. The van der Waals surface area contributed by atoms with Gasteiger partial charge in [-0.2, -0.15) is 5.10 Å². The summed E-state index contributed by atoms with van der Waals surface area (Å²) in [4.78, 5) is 8.91. The molecule has 0 saturated carbocycles. The van der Waals surface area contributed by atoms with Gasteiger partial charge in [0.05, 0.1) is 0 Å². The molecule has 2 aromatic rings. The lowest BCUT2D eigenvalue weighted by molar-refractivity contribution is 0.0514. The molecule has 154 valence electrons. The number of hydrogen-bond acceptors (Lipinski definition) is 4. The molecule has 0 amide bonds. The highest BCUT2D eigenvalue weighted by Crippen LogP contribution is 2.34. The highest BCUT2D eigenvalue weighted by molar-refractivity contribution is 14.0. The van der Waals surface area contributed by atoms with E-state index in [2.05, 4.69) is 72.8 Å². The van der Waals surface area contributed by atoms with Crippen LogP contribution in [0.25, 0.3) is 0 Å². The van der Waals surface area contributed by atoms with Crippen LogP contribution >= 0.6 is 39.9 Å². The largest absolute Gasteiger partial charge is 0.381 e. The van der Waals surface area contributed by atoms with E-state index in [1.165, 1.54) is 5.56 Å². The average molecular weight is 563 g/mol. The summed E-state index contributed by atoms with van der Waals surface area (Å²) < 4.78 is 8.48. The fourth-order valence-corrected chi connectivity index (χ4v) is 3.61. The smallest absolute Gasteiger partial charge is 0.191 e. The number of aromatic nitrogens is 3. The summed E-state index contributed by atoms with van der Waals surface area (Å²) in [6.07, 6.45) is 3.53. The second-order valence-electron chi connectivity index (χ2n) is 6.75. The molecule has 0 aliphatic carbocycles. The number of benzene rings is 1. The molecule has 2 N–H and O–H groups in total. The molecule has 9 heteroatoms. The minimum Gasteiger partial charge on any atom is -0.381 e. The van der Waals surface area contributed by atoms with Gasteiger partial charge < -0.3 is 15.4 Å². The fraction of sp³-hybridized carbons (Fsp3) is 0.526. The summed E-state index contributed by atoms with van der Waals surface area (Å²) >= 11 is 3.53. The van der Waals surface area contributed by atoms with E-state index in [1.807, 2.05) is 7.05 Å². The van der Waals surface area contributed by atoms with Crippen molar-refractivity contribution < 1.29 is 4.74 Å². The van der Waals surface area contributed by atoms with Crippen molar-refractivity contribution in [1.29, 1.82) is 0 Å². The highest BCUT2D eigenvalue weighted by Gasteiger charge is 2.34. The van der Waals surface area contributed by atoms with Gasteiger partial charge in [-0.1, -0.05) is 28.1 Å². The minimum atomic E-state index is 0. The third kappa shape index (κ3) is 5.90. The molecule has 7 nitrogen and oxygen atoms in total. The van der Waals surface area contributed by atoms with Crippen molar-refractivity contribution in [3.8, 4) is 0 Å². The Hall–Kier alpha value is -1.20. The molecule has 1 aromatic heterocycles. The predicted molar refractivity (Wildman–Crippen MR) is 125 cm³/mol. The molecule has 3 rings (SSSR count). The Morgan fingerprint density at radius 1 is 1.25 bits per heavy atom. The third-order valence-electron chi connectivity index (χ3n) is 5.03. The monoisotopic (exact) mass is 562 g/mol. The quantitative estimate of drug-likeness (QED) is 0.321. The van der Waals surface area contributed by atoms with Gasteiger partial charge in [-0.3, -0.25) is 4.68 Å². The van der Waals surface area contributed by atoms with Gasteiger partial charge in [-0.05, 0) is 37.5 Å². The maximum absolute atomic E-state index is 5.63. The van der Waals surface area contributed by atoms with E-state index in [1.54, 1.807) is 11.0 Å². The van der Waals surface area contributed by atoms with Crippen molar-refractivity contribution in [3.05, 3.63) is 46.5 Å². The number of aryl methyl sites for hydroxylation is 1. The lowest BCUT2D eigenvalue weighted by Crippen LogP contribution is -2.48. The van der Waals surface area contributed by atoms with Gasteiger partial charge in [0.1, 0.15) is 18.7 Å². The number of nitrogens with zero attached hydrogens (tertiary/aromatic N) is 4. The molecule has 0 bridgehead atoms.